The SMILES string of the molecule is Cc1nn(C)c(C)c1/C=C/C(=O)c1ccnn1C. The van der Waals surface area contributed by atoms with E-state index < -0.39 is 0 Å². The highest BCUT2D eigenvalue weighted by molar-refractivity contribution is 6.05. The lowest BCUT2D eigenvalue weighted by molar-refractivity contribution is 0.103. The summed E-state index contributed by atoms with van der Waals surface area (Å²) in [6, 6.07) is 1.70. The van der Waals surface area contributed by atoms with Crippen LogP contribution in [0.4, 0.5) is 0 Å². The first-order chi connectivity index (χ1) is 8.50. The molecule has 0 spiro atoms. The molecular formula is C13H16N4O. The van der Waals surface area contributed by atoms with Crippen LogP contribution in [0.25, 0.3) is 6.08 Å². The van der Waals surface area contributed by atoms with Gasteiger partial charge in [-0.25, -0.2) is 0 Å². The summed E-state index contributed by atoms with van der Waals surface area (Å²) in [7, 11) is 3.64. The number of aromatic nitrogens is 4. The maximum absolute atomic E-state index is 12.0. The van der Waals surface area contributed by atoms with Crippen molar-refractivity contribution >= 4 is 11.9 Å². The summed E-state index contributed by atoms with van der Waals surface area (Å²) in [6.45, 7) is 3.91. The van der Waals surface area contributed by atoms with Gasteiger partial charge in [0.1, 0.15) is 5.69 Å². The Hall–Kier alpha value is -2.17. The Morgan fingerprint density at radius 1 is 1.28 bits per heavy atom. The van der Waals surface area contributed by atoms with E-state index in [4.69, 9.17) is 0 Å². The molecule has 0 N–H and O–H groups in total. The van der Waals surface area contributed by atoms with E-state index >= 15 is 0 Å². The van der Waals surface area contributed by atoms with Crippen LogP contribution in [0.3, 0.4) is 0 Å². The second-order valence-electron chi connectivity index (χ2n) is 4.25. The normalized spacial score (nSPS) is 11.3. The topological polar surface area (TPSA) is 52.7 Å². The van der Waals surface area contributed by atoms with Crippen molar-refractivity contribution in [1.82, 2.24) is 19.6 Å². The Morgan fingerprint density at radius 3 is 2.50 bits per heavy atom. The number of carbonyl (C=O) groups excluding carboxylic acids is 1. The highest BCUT2D eigenvalue weighted by Crippen LogP contribution is 2.14. The molecule has 0 unspecified atom stereocenters. The molecule has 0 radical (unpaired) electrons. The van der Waals surface area contributed by atoms with E-state index in [0.717, 1.165) is 17.0 Å². The largest absolute Gasteiger partial charge is 0.288 e. The fourth-order valence-electron chi connectivity index (χ4n) is 1.89. The third kappa shape index (κ3) is 2.11. The molecule has 0 saturated carbocycles. The van der Waals surface area contributed by atoms with E-state index in [9.17, 15) is 4.79 Å². The molecule has 0 aliphatic heterocycles. The molecule has 0 amide bonds. The molecule has 18 heavy (non-hydrogen) atoms. The van der Waals surface area contributed by atoms with Crippen LogP contribution in [0, 0.1) is 13.8 Å². The lowest BCUT2D eigenvalue weighted by Crippen LogP contribution is -2.03. The van der Waals surface area contributed by atoms with Crippen molar-refractivity contribution in [3.05, 3.63) is 41.0 Å². The molecule has 2 aromatic heterocycles. The number of rotatable bonds is 3. The van der Waals surface area contributed by atoms with Gasteiger partial charge in [0.15, 0.2) is 0 Å². The first-order valence-corrected chi connectivity index (χ1v) is 5.71. The second-order valence-corrected chi connectivity index (χ2v) is 4.25. The molecular weight excluding hydrogens is 228 g/mol. The molecule has 5 heteroatoms. The van der Waals surface area contributed by atoms with E-state index in [-0.39, 0.29) is 5.78 Å². The van der Waals surface area contributed by atoms with Crippen LogP contribution < -0.4 is 0 Å². The van der Waals surface area contributed by atoms with Gasteiger partial charge < -0.3 is 0 Å². The van der Waals surface area contributed by atoms with Gasteiger partial charge in [-0.15, -0.1) is 0 Å². The van der Waals surface area contributed by atoms with Crippen LogP contribution in [-0.2, 0) is 14.1 Å². The summed E-state index contributed by atoms with van der Waals surface area (Å²) in [4.78, 5) is 12.0. The minimum atomic E-state index is -0.0577. The molecule has 2 heterocycles. The Kier molecular flexibility index (Phi) is 3.14. The molecule has 2 aromatic rings. The van der Waals surface area contributed by atoms with Crippen LogP contribution in [0.15, 0.2) is 18.3 Å². The first-order valence-electron chi connectivity index (χ1n) is 5.71. The van der Waals surface area contributed by atoms with Gasteiger partial charge in [-0.1, -0.05) is 0 Å². The van der Waals surface area contributed by atoms with Crippen molar-refractivity contribution in [2.24, 2.45) is 14.1 Å². The van der Waals surface area contributed by atoms with E-state index in [1.165, 1.54) is 0 Å². The van der Waals surface area contributed by atoms with Gasteiger partial charge in [-0.3, -0.25) is 14.2 Å². The van der Waals surface area contributed by atoms with E-state index in [2.05, 4.69) is 10.2 Å². The minimum Gasteiger partial charge on any atom is -0.288 e. The van der Waals surface area contributed by atoms with Crippen LogP contribution in [0.5, 0.6) is 0 Å². The summed E-state index contributed by atoms with van der Waals surface area (Å²) in [5.41, 5.74) is 3.53. The van der Waals surface area contributed by atoms with Crippen LogP contribution in [0.1, 0.15) is 27.4 Å². The summed E-state index contributed by atoms with van der Waals surface area (Å²) in [5, 5.41) is 8.28. The Labute approximate surface area is 106 Å². The molecule has 0 fully saturated rings. The molecule has 0 aromatic carbocycles. The van der Waals surface area contributed by atoms with Gasteiger partial charge in [0.05, 0.1) is 5.69 Å². The molecule has 94 valence electrons. The number of nitrogens with zero attached hydrogens (tertiary/aromatic N) is 4. The van der Waals surface area contributed by atoms with Gasteiger partial charge >= 0.3 is 0 Å². The number of ketones is 1. The van der Waals surface area contributed by atoms with E-state index in [1.54, 1.807) is 30.1 Å². The minimum absolute atomic E-state index is 0.0577. The number of hydrogen-bond donors (Lipinski definition) is 0. The Morgan fingerprint density at radius 2 is 2.00 bits per heavy atom. The van der Waals surface area contributed by atoms with Crippen molar-refractivity contribution in [1.29, 1.82) is 0 Å². The molecule has 0 atom stereocenters. The van der Waals surface area contributed by atoms with E-state index in [1.807, 2.05) is 31.7 Å². The zero-order chi connectivity index (χ0) is 13.3. The molecule has 0 aliphatic rings. The van der Waals surface area contributed by atoms with Gasteiger partial charge in [0, 0.05) is 31.5 Å². The monoisotopic (exact) mass is 244 g/mol. The third-order valence-electron chi connectivity index (χ3n) is 3.04. The van der Waals surface area contributed by atoms with Crippen molar-refractivity contribution < 1.29 is 4.79 Å². The van der Waals surface area contributed by atoms with Crippen molar-refractivity contribution in [3.63, 3.8) is 0 Å². The maximum Gasteiger partial charge on any atom is 0.203 e. The zero-order valence-electron chi connectivity index (χ0n) is 11.0. The van der Waals surface area contributed by atoms with E-state index in [0.29, 0.717) is 5.69 Å². The Balaban J connectivity index is 2.27. The van der Waals surface area contributed by atoms with Gasteiger partial charge in [0.2, 0.25) is 5.78 Å². The fourth-order valence-corrected chi connectivity index (χ4v) is 1.89. The molecule has 0 bridgehead atoms. The second kappa shape index (κ2) is 4.60. The summed E-state index contributed by atoms with van der Waals surface area (Å²) in [5.74, 6) is -0.0577. The van der Waals surface area contributed by atoms with Crippen molar-refractivity contribution in [3.8, 4) is 0 Å². The highest BCUT2D eigenvalue weighted by atomic mass is 16.1. The standard InChI is InChI=1S/C13H16N4O/c1-9-11(10(2)16(3)15-9)5-6-13(18)12-7-8-14-17(12)4/h5-8H,1-4H3/b6-5+. The predicted molar refractivity (Wildman–Crippen MR) is 69.3 cm³/mol. The molecule has 0 aliphatic carbocycles. The van der Waals surface area contributed by atoms with Crippen molar-refractivity contribution in [2.75, 3.05) is 0 Å². The lowest BCUT2D eigenvalue weighted by atomic mass is 10.1. The summed E-state index contributed by atoms with van der Waals surface area (Å²) in [6.07, 6.45) is 4.99. The Bertz CT molecular complexity index is 619. The van der Waals surface area contributed by atoms with Crippen LogP contribution >= 0.6 is 0 Å². The summed E-state index contributed by atoms with van der Waals surface area (Å²) < 4.78 is 3.37. The van der Waals surface area contributed by atoms with Crippen LogP contribution in [0.2, 0.25) is 0 Å². The molecule has 0 saturated heterocycles. The zero-order valence-corrected chi connectivity index (χ0v) is 11.0. The fraction of sp³-hybridized carbons (Fsp3) is 0.308. The first kappa shape index (κ1) is 12.3. The maximum atomic E-state index is 12.0. The number of carbonyl (C=O) groups is 1. The van der Waals surface area contributed by atoms with Crippen molar-refractivity contribution in [2.45, 2.75) is 13.8 Å². The van der Waals surface area contributed by atoms with Gasteiger partial charge in [0.25, 0.3) is 0 Å². The average molecular weight is 244 g/mol. The number of hydrogen-bond acceptors (Lipinski definition) is 3. The quantitative estimate of drug-likeness (QED) is 0.609. The number of aryl methyl sites for hydroxylation is 3. The number of allylic oxidation sites excluding steroid dienone is 1. The molecule has 5 nitrogen and oxygen atoms in total. The van der Waals surface area contributed by atoms with Gasteiger partial charge in [-0.05, 0) is 32.1 Å². The summed E-state index contributed by atoms with van der Waals surface area (Å²) >= 11 is 0. The lowest BCUT2D eigenvalue weighted by Gasteiger charge is -1.97. The smallest absolute Gasteiger partial charge is 0.203 e. The predicted octanol–water partition coefficient (Wildman–Crippen LogP) is 1.67. The average Bonchev–Trinajstić information content (AvgIpc) is 2.83. The third-order valence-corrected chi connectivity index (χ3v) is 3.04. The van der Waals surface area contributed by atoms with Crippen LogP contribution in [-0.4, -0.2) is 25.3 Å². The van der Waals surface area contributed by atoms with Gasteiger partial charge in [-0.2, -0.15) is 10.2 Å². The highest BCUT2D eigenvalue weighted by Gasteiger charge is 2.09. The molecule has 2 rings (SSSR count).